The summed E-state index contributed by atoms with van der Waals surface area (Å²) in [5.41, 5.74) is 0. The van der Waals surface area contributed by atoms with E-state index in [0.29, 0.717) is 5.95 Å². The van der Waals surface area contributed by atoms with Gasteiger partial charge >= 0.3 is 10.4 Å². The molecule has 0 fully saturated rings. The molecular weight excluding hydrogens is 388 g/mol. The molecule has 4 N–H and O–H groups in total. The molecule has 0 aliphatic carbocycles. The lowest BCUT2D eigenvalue weighted by Crippen LogP contribution is -2.06. The number of nitrogens with zero attached hydrogens (tertiary/aromatic N) is 5. The van der Waals surface area contributed by atoms with E-state index in [4.69, 9.17) is 4.55 Å². The van der Waals surface area contributed by atoms with Crippen molar-refractivity contribution in [1.82, 2.24) is 30.7 Å². The minimum absolute atomic E-state index is 0. The zero-order valence-corrected chi connectivity index (χ0v) is 14.7. The van der Waals surface area contributed by atoms with Crippen LogP contribution in [0.1, 0.15) is 0 Å². The third-order valence-corrected chi connectivity index (χ3v) is 3.59. The Balaban J connectivity index is 0.000000256. The lowest BCUT2D eigenvalue weighted by atomic mass is 10.3. The summed E-state index contributed by atoms with van der Waals surface area (Å²) in [5.74, 6) is 0.422. The average molecular weight is 402 g/mol. The maximum Gasteiger partial charge on any atom is 0.446 e. The first-order valence-electron chi connectivity index (χ1n) is 6.37. The van der Waals surface area contributed by atoms with Gasteiger partial charge < -0.3 is 10.3 Å². The summed E-state index contributed by atoms with van der Waals surface area (Å²) in [5, 5.41) is 0. The number of hydrogen-bond acceptors (Lipinski definition) is 10. The summed E-state index contributed by atoms with van der Waals surface area (Å²) in [6.07, 6.45) is 7.97. The minimum Gasteiger partial charge on any atom is -0.362 e. The van der Waals surface area contributed by atoms with E-state index in [1.54, 1.807) is 23.3 Å². The number of imidazole rings is 1. The van der Waals surface area contributed by atoms with E-state index in [0.717, 1.165) is 24.3 Å². The molecule has 2 aromatic heterocycles. The van der Waals surface area contributed by atoms with Gasteiger partial charge in [0.25, 0.3) is 0 Å². The molecule has 0 saturated heterocycles. The maximum absolute atomic E-state index is 10.4. The molecule has 0 radical (unpaired) electrons. The lowest BCUT2D eigenvalue weighted by molar-refractivity contribution is 0.386. The van der Waals surface area contributed by atoms with Crippen molar-refractivity contribution in [3.63, 3.8) is 0 Å². The predicted octanol–water partition coefficient (Wildman–Crippen LogP) is 0.0578. The summed E-state index contributed by atoms with van der Waals surface area (Å²) in [7, 11) is -7.27. The van der Waals surface area contributed by atoms with Crippen molar-refractivity contribution in [2.24, 2.45) is 0 Å². The highest BCUT2D eigenvalue weighted by molar-refractivity contribution is 7.81. The van der Waals surface area contributed by atoms with E-state index in [1.165, 1.54) is 12.7 Å². The van der Waals surface area contributed by atoms with Gasteiger partial charge in [0.05, 0.1) is 4.90 Å². The molecule has 3 rings (SSSR count). The number of aromatic nitrogens is 5. The van der Waals surface area contributed by atoms with Gasteiger partial charge in [-0.25, -0.2) is 28.4 Å². The fourth-order valence-electron chi connectivity index (χ4n) is 1.49. The minimum atomic E-state index is -4.56. The second-order valence-corrected chi connectivity index (χ2v) is 6.22. The molecule has 0 unspecified atom stereocenters. The monoisotopic (exact) mass is 402 g/mol. The van der Waals surface area contributed by atoms with E-state index >= 15 is 0 Å². The van der Waals surface area contributed by atoms with Crippen LogP contribution < -0.4 is 10.3 Å². The Morgan fingerprint density at radius 3 is 2.12 bits per heavy atom. The third kappa shape index (κ3) is 6.89. The van der Waals surface area contributed by atoms with Gasteiger partial charge in [-0.2, -0.15) is 8.42 Å². The van der Waals surface area contributed by atoms with Crippen LogP contribution in [0, 0.1) is 0 Å². The summed E-state index contributed by atoms with van der Waals surface area (Å²) >= 11 is 0. The van der Waals surface area contributed by atoms with Gasteiger partial charge in [-0.3, -0.25) is 9.12 Å². The Morgan fingerprint density at radius 1 is 1.04 bits per heavy atom. The summed E-state index contributed by atoms with van der Waals surface area (Å²) in [6, 6.07) is 4.56. The molecule has 14 heteroatoms. The van der Waals surface area contributed by atoms with Gasteiger partial charge in [-0.05, 0) is 24.3 Å². The molecule has 0 atom stereocenters. The number of thiol groups is 1. The Labute approximate surface area is 150 Å². The molecule has 0 spiro atoms. The first-order chi connectivity index (χ1) is 11.8. The maximum atomic E-state index is 10.4. The molecule has 0 saturated carbocycles. The second-order valence-electron chi connectivity index (χ2n) is 4.17. The molecule has 1 aromatic carbocycles. The van der Waals surface area contributed by atoms with Crippen LogP contribution in [0.5, 0.6) is 5.75 Å². The van der Waals surface area contributed by atoms with E-state index in [9.17, 15) is 16.8 Å². The lowest BCUT2D eigenvalue weighted by Gasteiger charge is -1.99. The van der Waals surface area contributed by atoms with Gasteiger partial charge in [0.2, 0.25) is 5.95 Å². The molecular formula is C12H14N6O6S2. The highest BCUT2D eigenvalue weighted by Crippen LogP contribution is 2.14. The topological polar surface area (TPSA) is 189 Å². The molecule has 0 amide bonds. The molecule has 26 heavy (non-hydrogen) atoms. The van der Waals surface area contributed by atoms with Crippen LogP contribution in [0.2, 0.25) is 0 Å². The van der Waals surface area contributed by atoms with Crippen molar-refractivity contribution in [2.75, 3.05) is 0 Å². The third-order valence-electron chi connectivity index (χ3n) is 2.46. The van der Waals surface area contributed by atoms with Crippen LogP contribution in [-0.2, 0) is 21.1 Å². The summed E-state index contributed by atoms with van der Waals surface area (Å²) < 4.78 is 55.4. The number of benzene rings is 1. The number of rotatable bonds is 4. The van der Waals surface area contributed by atoms with Gasteiger partial charge in [0, 0.05) is 12.4 Å². The second kappa shape index (κ2) is 9.52. The molecule has 140 valence electrons. The normalized spacial score (nSPS) is 10.4. The van der Waals surface area contributed by atoms with Crippen LogP contribution in [-0.4, -0.2) is 45.9 Å². The van der Waals surface area contributed by atoms with Crippen LogP contribution in [0.25, 0.3) is 5.95 Å². The van der Waals surface area contributed by atoms with Crippen molar-refractivity contribution in [2.45, 2.75) is 4.90 Å². The zero-order chi connectivity index (χ0) is 18.3. The van der Waals surface area contributed by atoms with Crippen molar-refractivity contribution in [3.8, 4) is 11.7 Å². The van der Waals surface area contributed by atoms with Gasteiger partial charge in [-0.15, -0.1) is 0 Å². The van der Waals surface area contributed by atoms with Crippen molar-refractivity contribution in [1.29, 1.82) is 0 Å². The molecule has 0 aliphatic heterocycles. The molecule has 0 aliphatic rings. The van der Waals surface area contributed by atoms with Crippen LogP contribution in [0.15, 0.2) is 60.5 Å². The Hall–Kier alpha value is -2.94. The first-order valence-corrected chi connectivity index (χ1v) is 8.91. The van der Waals surface area contributed by atoms with Crippen LogP contribution in [0.3, 0.4) is 0 Å². The SMILES string of the molecule is N.O=[SH](=O)c1ccc(OS(=O)(=O)O)cc1.c1cn(-c2ncncn2)cn1. The largest absolute Gasteiger partial charge is 0.446 e. The Bertz CT molecular complexity index is 967. The van der Waals surface area contributed by atoms with Gasteiger partial charge in [-0.1, -0.05) is 0 Å². The van der Waals surface area contributed by atoms with E-state index in [-0.39, 0.29) is 16.8 Å². The molecule has 12 nitrogen and oxygen atoms in total. The first kappa shape index (κ1) is 21.1. The predicted molar refractivity (Wildman–Crippen MR) is 89.2 cm³/mol. The Morgan fingerprint density at radius 2 is 1.65 bits per heavy atom. The van der Waals surface area contributed by atoms with Gasteiger partial charge in [0.15, 0.2) is 10.7 Å². The standard InChI is InChI=1S/C6H5N5.C6H6O6S2.H3N/c1-2-11(5-7-1)6-9-3-8-4-10-6;7-13(8)6-3-1-5(2-4-6)12-14(9,10)11;/h1-5H;1-4,13H,(H,9,10,11);1H3. The molecule has 0 bridgehead atoms. The summed E-state index contributed by atoms with van der Waals surface area (Å²) in [6.45, 7) is 0. The van der Waals surface area contributed by atoms with Crippen LogP contribution in [0.4, 0.5) is 0 Å². The van der Waals surface area contributed by atoms with Gasteiger partial charge in [0.1, 0.15) is 24.7 Å². The van der Waals surface area contributed by atoms with E-state index in [2.05, 4.69) is 24.1 Å². The fourth-order valence-corrected chi connectivity index (χ4v) is 2.24. The molecule has 2 heterocycles. The Kier molecular flexibility index (Phi) is 7.73. The number of hydrogen-bond donors (Lipinski definition) is 3. The quantitative estimate of drug-likeness (QED) is 0.395. The van der Waals surface area contributed by atoms with Crippen molar-refractivity contribution < 1.29 is 25.6 Å². The summed E-state index contributed by atoms with van der Waals surface area (Å²) in [4.78, 5) is 15.4. The fraction of sp³-hybridized carbons (Fsp3) is 0. The van der Waals surface area contributed by atoms with Crippen LogP contribution >= 0.6 is 0 Å². The smallest absolute Gasteiger partial charge is 0.362 e. The average Bonchev–Trinajstić information content (AvgIpc) is 3.10. The molecule has 3 aromatic rings. The van der Waals surface area contributed by atoms with Crippen molar-refractivity contribution >= 4 is 21.1 Å². The highest BCUT2D eigenvalue weighted by atomic mass is 32.3. The van der Waals surface area contributed by atoms with Crippen molar-refractivity contribution in [3.05, 3.63) is 55.6 Å². The zero-order valence-electron chi connectivity index (χ0n) is 13.0. The van der Waals surface area contributed by atoms with E-state index < -0.39 is 21.1 Å². The highest BCUT2D eigenvalue weighted by Gasteiger charge is 2.06. The van der Waals surface area contributed by atoms with E-state index in [1.807, 2.05) is 0 Å².